The number of anilines is 1. The van der Waals surface area contributed by atoms with Crippen LogP contribution < -0.4 is 5.32 Å². The summed E-state index contributed by atoms with van der Waals surface area (Å²) in [5.41, 5.74) is 2.74. The molecule has 0 bridgehead atoms. The molecule has 0 radical (unpaired) electrons. The summed E-state index contributed by atoms with van der Waals surface area (Å²) in [4.78, 5) is 11.4. The molecule has 3 nitrogen and oxygen atoms in total. The maximum atomic E-state index is 4.56. The van der Waals surface area contributed by atoms with Crippen LogP contribution in [0.5, 0.6) is 0 Å². The van der Waals surface area contributed by atoms with E-state index in [1.807, 2.05) is 6.92 Å². The first-order valence-electron chi connectivity index (χ1n) is 7.72. The molecule has 1 N–H and O–H groups in total. The molecule has 2 aromatic heterocycles. The first kappa shape index (κ1) is 15.0. The Labute approximate surface area is 135 Å². The van der Waals surface area contributed by atoms with E-state index in [0.717, 1.165) is 41.2 Å². The van der Waals surface area contributed by atoms with Gasteiger partial charge in [0, 0.05) is 11.4 Å². The van der Waals surface area contributed by atoms with Gasteiger partial charge in [0.05, 0.1) is 5.39 Å². The molecule has 0 spiro atoms. The van der Waals surface area contributed by atoms with Crippen molar-refractivity contribution in [3.05, 3.63) is 52.2 Å². The standard InChI is InChI=1S/C18H21N3S/c1-4-14-5-7-15(8-6-14)9-10-19-17-16-11-12(2)22-18(16)21-13(3)20-17/h5-8,11H,4,9-10H2,1-3H3,(H,19,20,21). The van der Waals surface area contributed by atoms with Gasteiger partial charge in [0.2, 0.25) is 0 Å². The van der Waals surface area contributed by atoms with Crippen LogP contribution in [0.15, 0.2) is 30.3 Å². The quantitative estimate of drug-likeness (QED) is 0.752. The highest BCUT2D eigenvalue weighted by molar-refractivity contribution is 7.18. The zero-order chi connectivity index (χ0) is 15.5. The number of hydrogen-bond donors (Lipinski definition) is 1. The second-order valence-electron chi connectivity index (χ2n) is 5.54. The number of nitrogens with one attached hydrogen (secondary N) is 1. The molecule has 4 heteroatoms. The Morgan fingerprint density at radius 3 is 2.50 bits per heavy atom. The van der Waals surface area contributed by atoms with Gasteiger partial charge >= 0.3 is 0 Å². The lowest BCUT2D eigenvalue weighted by atomic mass is 10.1. The predicted molar refractivity (Wildman–Crippen MR) is 94.9 cm³/mol. The van der Waals surface area contributed by atoms with Gasteiger partial charge in [-0.3, -0.25) is 0 Å². The highest BCUT2D eigenvalue weighted by Gasteiger charge is 2.08. The number of aryl methyl sites for hydroxylation is 3. The third-order valence-electron chi connectivity index (χ3n) is 3.77. The van der Waals surface area contributed by atoms with Crippen LogP contribution in [0.1, 0.15) is 28.8 Å². The van der Waals surface area contributed by atoms with Crippen molar-refractivity contribution in [2.75, 3.05) is 11.9 Å². The predicted octanol–water partition coefficient (Wildman–Crippen LogP) is 4.53. The number of hydrogen-bond acceptors (Lipinski definition) is 4. The van der Waals surface area contributed by atoms with Gasteiger partial charge < -0.3 is 5.32 Å². The second kappa shape index (κ2) is 6.44. The Balaban J connectivity index is 1.70. The van der Waals surface area contributed by atoms with Gasteiger partial charge in [-0.15, -0.1) is 11.3 Å². The van der Waals surface area contributed by atoms with Crippen molar-refractivity contribution in [1.82, 2.24) is 9.97 Å². The number of benzene rings is 1. The molecule has 1 aromatic carbocycles. The molecule has 0 aliphatic rings. The van der Waals surface area contributed by atoms with Crippen molar-refractivity contribution < 1.29 is 0 Å². The van der Waals surface area contributed by atoms with Gasteiger partial charge in [-0.05, 0) is 43.9 Å². The van der Waals surface area contributed by atoms with E-state index in [9.17, 15) is 0 Å². The Morgan fingerprint density at radius 2 is 1.77 bits per heavy atom. The monoisotopic (exact) mass is 311 g/mol. The van der Waals surface area contributed by atoms with E-state index < -0.39 is 0 Å². The maximum Gasteiger partial charge on any atom is 0.138 e. The molecular formula is C18H21N3S. The van der Waals surface area contributed by atoms with Crippen LogP contribution in [0.2, 0.25) is 0 Å². The first-order valence-corrected chi connectivity index (χ1v) is 8.54. The van der Waals surface area contributed by atoms with Crippen LogP contribution in [0, 0.1) is 13.8 Å². The Bertz CT molecular complexity index is 775. The zero-order valence-electron chi connectivity index (χ0n) is 13.3. The van der Waals surface area contributed by atoms with Gasteiger partial charge in [-0.25, -0.2) is 9.97 Å². The van der Waals surface area contributed by atoms with Crippen molar-refractivity contribution in [2.45, 2.75) is 33.6 Å². The van der Waals surface area contributed by atoms with Crippen molar-refractivity contribution in [1.29, 1.82) is 0 Å². The van der Waals surface area contributed by atoms with Gasteiger partial charge in [-0.1, -0.05) is 31.2 Å². The molecule has 0 saturated carbocycles. The molecule has 0 unspecified atom stereocenters. The molecular weight excluding hydrogens is 290 g/mol. The summed E-state index contributed by atoms with van der Waals surface area (Å²) in [6.07, 6.45) is 2.09. The molecule has 22 heavy (non-hydrogen) atoms. The smallest absolute Gasteiger partial charge is 0.138 e. The summed E-state index contributed by atoms with van der Waals surface area (Å²) >= 11 is 1.72. The summed E-state index contributed by atoms with van der Waals surface area (Å²) in [5, 5.41) is 4.61. The van der Waals surface area contributed by atoms with E-state index >= 15 is 0 Å². The van der Waals surface area contributed by atoms with Crippen molar-refractivity contribution >= 4 is 27.4 Å². The fourth-order valence-corrected chi connectivity index (χ4v) is 3.48. The third kappa shape index (κ3) is 3.28. The van der Waals surface area contributed by atoms with Crippen LogP contribution in [-0.2, 0) is 12.8 Å². The number of fused-ring (bicyclic) bond motifs is 1. The topological polar surface area (TPSA) is 37.8 Å². The molecule has 0 aliphatic heterocycles. The molecule has 3 aromatic rings. The van der Waals surface area contributed by atoms with Crippen LogP contribution in [0.3, 0.4) is 0 Å². The zero-order valence-corrected chi connectivity index (χ0v) is 14.1. The Kier molecular flexibility index (Phi) is 4.39. The van der Waals surface area contributed by atoms with Crippen LogP contribution >= 0.6 is 11.3 Å². The van der Waals surface area contributed by atoms with Crippen molar-refractivity contribution in [3.63, 3.8) is 0 Å². The Morgan fingerprint density at radius 1 is 1.05 bits per heavy atom. The lowest BCUT2D eigenvalue weighted by Crippen LogP contribution is -2.07. The number of thiophene rings is 1. The summed E-state index contributed by atoms with van der Waals surface area (Å²) < 4.78 is 0. The van der Waals surface area contributed by atoms with E-state index in [4.69, 9.17) is 0 Å². The number of nitrogens with zero attached hydrogens (tertiary/aromatic N) is 2. The molecule has 0 amide bonds. The van der Waals surface area contributed by atoms with E-state index in [1.165, 1.54) is 16.0 Å². The lowest BCUT2D eigenvalue weighted by Gasteiger charge is -2.08. The average Bonchev–Trinajstić information content (AvgIpc) is 2.88. The largest absolute Gasteiger partial charge is 0.369 e. The Hall–Kier alpha value is -1.94. The fourth-order valence-electron chi connectivity index (χ4n) is 2.55. The van der Waals surface area contributed by atoms with E-state index in [1.54, 1.807) is 11.3 Å². The summed E-state index contributed by atoms with van der Waals surface area (Å²) in [5.74, 6) is 1.78. The van der Waals surface area contributed by atoms with E-state index in [-0.39, 0.29) is 0 Å². The summed E-state index contributed by atoms with van der Waals surface area (Å²) in [6, 6.07) is 11.0. The van der Waals surface area contributed by atoms with Crippen LogP contribution in [-0.4, -0.2) is 16.5 Å². The van der Waals surface area contributed by atoms with Gasteiger partial charge in [-0.2, -0.15) is 0 Å². The molecule has 2 heterocycles. The molecule has 0 fully saturated rings. The van der Waals surface area contributed by atoms with Crippen LogP contribution in [0.25, 0.3) is 10.2 Å². The molecule has 114 valence electrons. The minimum Gasteiger partial charge on any atom is -0.369 e. The highest BCUT2D eigenvalue weighted by Crippen LogP contribution is 2.28. The summed E-state index contributed by atoms with van der Waals surface area (Å²) in [6.45, 7) is 7.12. The number of rotatable bonds is 5. The highest BCUT2D eigenvalue weighted by atomic mass is 32.1. The van der Waals surface area contributed by atoms with Gasteiger partial charge in [0.15, 0.2) is 0 Å². The first-order chi connectivity index (χ1) is 10.7. The van der Waals surface area contributed by atoms with Gasteiger partial charge in [0.25, 0.3) is 0 Å². The minimum absolute atomic E-state index is 0.823. The lowest BCUT2D eigenvalue weighted by molar-refractivity contribution is 0.992. The fraction of sp³-hybridized carbons (Fsp3) is 0.333. The SMILES string of the molecule is CCc1ccc(CCNc2nc(C)nc3sc(C)cc23)cc1. The minimum atomic E-state index is 0.823. The van der Waals surface area contributed by atoms with Crippen LogP contribution in [0.4, 0.5) is 5.82 Å². The van der Waals surface area contributed by atoms with Crippen molar-refractivity contribution in [3.8, 4) is 0 Å². The number of aromatic nitrogens is 2. The molecule has 3 rings (SSSR count). The van der Waals surface area contributed by atoms with Gasteiger partial charge in [0.1, 0.15) is 16.5 Å². The van der Waals surface area contributed by atoms with E-state index in [0.29, 0.717) is 0 Å². The normalized spacial score (nSPS) is 11.0. The second-order valence-corrected chi connectivity index (χ2v) is 6.78. The average molecular weight is 311 g/mol. The summed E-state index contributed by atoms with van der Waals surface area (Å²) in [7, 11) is 0. The van der Waals surface area contributed by atoms with E-state index in [2.05, 4.69) is 59.5 Å². The van der Waals surface area contributed by atoms with Crippen molar-refractivity contribution in [2.24, 2.45) is 0 Å². The molecule has 0 aliphatic carbocycles. The molecule has 0 saturated heterocycles. The molecule has 0 atom stereocenters. The third-order valence-corrected chi connectivity index (χ3v) is 4.71. The maximum absolute atomic E-state index is 4.56.